The van der Waals surface area contributed by atoms with E-state index in [4.69, 9.17) is 15.2 Å². The van der Waals surface area contributed by atoms with Crippen molar-refractivity contribution in [3.8, 4) is 33.9 Å². The molecule has 4 aromatic rings. The topological polar surface area (TPSA) is 192 Å². The van der Waals surface area contributed by atoms with Gasteiger partial charge < -0.3 is 20.2 Å². The molecule has 0 fully saturated rings. The van der Waals surface area contributed by atoms with Crippen LogP contribution in [0.1, 0.15) is 0 Å². The van der Waals surface area contributed by atoms with Crippen LogP contribution in [0.25, 0.3) is 33.4 Å². The second kappa shape index (κ2) is 5.76. The van der Waals surface area contributed by atoms with Crippen LogP contribution in [0, 0.1) is 0 Å². The molecule has 0 radical (unpaired) electrons. The van der Waals surface area contributed by atoms with Crippen molar-refractivity contribution >= 4 is 16.9 Å². The van der Waals surface area contributed by atoms with Crippen molar-refractivity contribution < 1.29 is 9.47 Å². The molecular formula is C17H12N6O6. The number of anilines is 1. The molecule has 146 valence electrons. The Morgan fingerprint density at radius 2 is 1.52 bits per heavy atom. The smallest absolute Gasteiger partial charge is 0.327 e. The molecule has 0 aliphatic carbocycles. The highest BCUT2D eigenvalue weighted by Crippen LogP contribution is 2.40. The number of hydrogen-bond acceptors (Lipinski definition) is 7. The highest BCUT2D eigenvalue weighted by molar-refractivity contribution is 6.03. The molecule has 0 atom stereocenters. The first-order chi connectivity index (χ1) is 13.9. The summed E-state index contributed by atoms with van der Waals surface area (Å²) in [5.74, 6) is 0.782. The molecule has 12 heteroatoms. The Bertz CT molecular complexity index is 1540. The van der Waals surface area contributed by atoms with Crippen molar-refractivity contribution in [1.29, 1.82) is 0 Å². The number of nitrogens with one attached hydrogen (secondary N) is 5. The number of nitrogen functional groups attached to an aromatic ring is 1. The Morgan fingerprint density at radius 3 is 2.31 bits per heavy atom. The zero-order valence-electron chi connectivity index (χ0n) is 14.5. The largest absolute Gasteiger partial charge is 0.454 e. The van der Waals surface area contributed by atoms with E-state index in [9.17, 15) is 19.2 Å². The van der Waals surface area contributed by atoms with E-state index in [0.29, 0.717) is 22.8 Å². The summed E-state index contributed by atoms with van der Waals surface area (Å²) in [6.45, 7) is 0.0673. The molecule has 1 aliphatic heterocycles. The van der Waals surface area contributed by atoms with Gasteiger partial charge in [-0.15, -0.1) is 0 Å². The molecular weight excluding hydrogens is 384 g/mol. The van der Waals surface area contributed by atoms with Crippen molar-refractivity contribution in [2.24, 2.45) is 0 Å². The predicted octanol–water partition coefficient (Wildman–Crippen LogP) is -0.434. The van der Waals surface area contributed by atoms with Crippen molar-refractivity contribution in [3.05, 3.63) is 59.9 Å². The molecule has 0 saturated heterocycles. The van der Waals surface area contributed by atoms with Gasteiger partial charge >= 0.3 is 11.4 Å². The molecule has 0 spiro atoms. The fourth-order valence-corrected chi connectivity index (χ4v) is 3.40. The first-order valence-electron chi connectivity index (χ1n) is 8.33. The maximum absolute atomic E-state index is 12.6. The van der Waals surface area contributed by atoms with E-state index in [-0.39, 0.29) is 34.8 Å². The molecule has 0 bridgehead atoms. The lowest BCUT2D eigenvalue weighted by molar-refractivity contribution is 0.174. The Labute approximate surface area is 158 Å². The van der Waals surface area contributed by atoms with Crippen molar-refractivity contribution in [2.75, 3.05) is 12.5 Å². The molecule has 1 aromatic carbocycles. The average Bonchev–Trinajstić information content (AvgIpc) is 3.25. The first kappa shape index (κ1) is 16.7. The Balaban J connectivity index is 1.93. The lowest BCUT2D eigenvalue weighted by Gasteiger charge is -2.07. The van der Waals surface area contributed by atoms with Crippen LogP contribution in [-0.2, 0) is 0 Å². The van der Waals surface area contributed by atoms with Gasteiger partial charge in [-0.2, -0.15) is 0 Å². The zero-order chi connectivity index (χ0) is 20.3. The van der Waals surface area contributed by atoms with Crippen LogP contribution >= 0.6 is 0 Å². The van der Waals surface area contributed by atoms with Gasteiger partial charge in [-0.1, -0.05) is 0 Å². The third-order valence-electron chi connectivity index (χ3n) is 4.58. The van der Waals surface area contributed by atoms with Crippen LogP contribution in [0.15, 0.2) is 37.4 Å². The second-order valence-electron chi connectivity index (χ2n) is 6.30. The van der Waals surface area contributed by atoms with Crippen molar-refractivity contribution in [2.45, 2.75) is 0 Å². The van der Waals surface area contributed by atoms with Gasteiger partial charge in [0, 0.05) is 11.1 Å². The van der Waals surface area contributed by atoms with Crippen LogP contribution < -0.4 is 37.7 Å². The fraction of sp³-hybridized carbons (Fsp3) is 0.0588. The number of H-pyrrole nitrogens is 5. The second-order valence-corrected chi connectivity index (χ2v) is 6.30. The van der Waals surface area contributed by atoms with E-state index >= 15 is 0 Å². The van der Waals surface area contributed by atoms with E-state index in [1.54, 1.807) is 18.2 Å². The molecule has 12 nitrogen and oxygen atoms in total. The summed E-state index contributed by atoms with van der Waals surface area (Å²) in [4.78, 5) is 60.3. The van der Waals surface area contributed by atoms with Crippen LogP contribution in [0.4, 0.5) is 5.82 Å². The van der Waals surface area contributed by atoms with Gasteiger partial charge in [0.25, 0.3) is 11.1 Å². The summed E-state index contributed by atoms with van der Waals surface area (Å²) < 4.78 is 10.7. The van der Waals surface area contributed by atoms with E-state index in [1.807, 2.05) is 0 Å². The summed E-state index contributed by atoms with van der Waals surface area (Å²) in [5, 5.41) is 0.00140. The lowest BCUT2D eigenvalue weighted by Crippen LogP contribution is -2.26. The number of hydrogen-bond donors (Lipinski definition) is 6. The molecule has 3 aromatic heterocycles. The Morgan fingerprint density at radius 1 is 0.793 bits per heavy atom. The minimum Gasteiger partial charge on any atom is -0.454 e. The van der Waals surface area contributed by atoms with Crippen LogP contribution in [-0.4, -0.2) is 31.7 Å². The van der Waals surface area contributed by atoms with E-state index in [2.05, 4.69) is 24.9 Å². The van der Waals surface area contributed by atoms with Crippen LogP contribution in [0.5, 0.6) is 11.5 Å². The lowest BCUT2D eigenvalue weighted by atomic mass is 10.00. The number of fused-ring (bicyclic) bond motifs is 2. The number of ether oxygens (including phenoxy) is 2. The summed E-state index contributed by atoms with van der Waals surface area (Å²) >= 11 is 0. The van der Waals surface area contributed by atoms with Gasteiger partial charge in [-0.3, -0.25) is 29.5 Å². The number of nitrogens with two attached hydrogens (primary N) is 1. The zero-order valence-corrected chi connectivity index (χ0v) is 14.5. The molecule has 0 unspecified atom stereocenters. The molecule has 1 aliphatic rings. The number of rotatable bonds is 2. The highest BCUT2D eigenvalue weighted by Gasteiger charge is 2.24. The van der Waals surface area contributed by atoms with Gasteiger partial charge in [0.15, 0.2) is 11.5 Å². The Kier molecular flexibility index (Phi) is 3.31. The van der Waals surface area contributed by atoms with E-state index in [0.717, 1.165) is 0 Å². The van der Waals surface area contributed by atoms with Gasteiger partial charge in [0.1, 0.15) is 11.5 Å². The predicted molar refractivity (Wildman–Crippen MR) is 102 cm³/mol. The minimum absolute atomic E-state index is 0.00140. The average molecular weight is 396 g/mol. The summed E-state index contributed by atoms with van der Waals surface area (Å²) in [5.41, 5.74) is 3.80. The van der Waals surface area contributed by atoms with Crippen LogP contribution in [0.3, 0.4) is 0 Å². The summed E-state index contributed by atoms with van der Waals surface area (Å²) in [6.07, 6.45) is 0. The van der Waals surface area contributed by atoms with Crippen LogP contribution in [0.2, 0.25) is 0 Å². The maximum atomic E-state index is 12.6. The molecule has 5 rings (SSSR count). The van der Waals surface area contributed by atoms with Crippen molar-refractivity contribution in [1.82, 2.24) is 24.9 Å². The summed E-state index contributed by atoms with van der Waals surface area (Å²) in [7, 11) is 0. The SMILES string of the molecule is Nc1[nH]c(=O)[nH]c(=O)c1-c1c(-c2ccc3c(c2)OCO3)[nH]c2[nH]c(=O)[nH]c(=O)c12. The van der Waals surface area contributed by atoms with Gasteiger partial charge in [-0.05, 0) is 18.2 Å². The monoisotopic (exact) mass is 396 g/mol. The molecule has 0 saturated carbocycles. The maximum Gasteiger partial charge on any atom is 0.327 e. The quantitative estimate of drug-likeness (QED) is 0.264. The standard InChI is InChI=1S/C17H12N6O6/c18-12-9(14(24)22-16(26)20-12)8-10-13(21-17(27)23-15(10)25)19-11(8)5-1-2-6-7(3-5)29-4-28-6/h1-3H,4H2,(H4,18,20,22,24,26)(H3,19,21,23,25,27). The first-order valence-corrected chi connectivity index (χ1v) is 8.33. The third kappa shape index (κ3) is 2.46. The van der Waals surface area contributed by atoms with Gasteiger partial charge in [0.05, 0.1) is 16.6 Å². The van der Waals surface area contributed by atoms with Crippen molar-refractivity contribution in [3.63, 3.8) is 0 Å². The van der Waals surface area contributed by atoms with Gasteiger partial charge in [0.2, 0.25) is 6.79 Å². The fourth-order valence-electron chi connectivity index (χ4n) is 3.40. The van der Waals surface area contributed by atoms with Gasteiger partial charge in [-0.25, -0.2) is 9.59 Å². The van der Waals surface area contributed by atoms with E-state index in [1.165, 1.54) is 0 Å². The highest BCUT2D eigenvalue weighted by atomic mass is 16.7. The Hall–Kier alpha value is -4.48. The molecule has 0 amide bonds. The normalized spacial score (nSPS) is 12.6. The third-order valence-corrected chi connectivity index (χ3v) is 4.58. The molecule has 29 heavy (non-hydrogen) atoms. The minimum atomic E-state index is -0.792. The molecule has 7 N–H and O–H groups in total. The van der Waals surface area contributed by atoms with E-state index < -0.39 is 22.5 Å². The number of aromatic nitrogens is 5. The molecule has 4 heterocycles. The number of aromatic amines is 5. The summed E-state index contributed by atoms with van der Waals surface area (Å²) in [6, 6.07) is 5.00. The number of benzene rings is 1.